The molecule has 0 aliphatic carbocycles. The predicted octanol–water partition coefficient (Wildman–Crippen LogP) is 4.54. The van der Waals surface area contributed by atoms with Crippen LogP contribution >= 0.6 is 6.26 Å². The average molecular weight is 366 g/mol. The average Bonchev–Trinajstić information content (AvgIpc) is 2.59. The second kappa shape index (κ2) is 7.25. The third-order valence-corrected chi connectivity index (χ3v) is 7.94. The number of rotatable bonds is 4. The van der Waals surface area contributed by atoms with Gasteiger partial charge in [-0.05, 0) is 49.4 Å². The topological polar surface area (TPSA) is 20.2 Å². The van der Waals surface area contributed by atoms with Crippen molar-refractivity contribution >= 4 is 28.7 Å². The zero-order valence-electron chi connectivity index (χ0n) is 14.9. The Bertz CT molecular complexity index is 924. The summed E-state index contributed by atoms with van der Waals surface area (Å²) in [5.41, 5.74) is 6.30. The Morgan fingerprint density at radius 3 is 2.04 bits per heavy atom. The van der Waals surface area contributed by atoms with Gasteiger partial charge in [0.15, 0.2) is 0 Å². The monoisotopic (exact) mass is 366 g/mol. The molecule has 0 fully saturated rings. The summed E-state index contributed by atoms with van der Waals surface area (Å²) < 4.78 is 0. The number of hydrogen-bond donors (Lipinski definition) is 1. The molecule has 1 N–H and O–H groups in total. The fourth-order valence-electron chi connectivity index (χ4n) is 3.40. The van der Waals surface area contributed by atoms with Crippen LogP contribution in [0.5, 0.6) is 0 Å². The van der Waals surface area contributed by atoms with Crippen molar-refractivity contribution in [2.75, 3.05) is 0 Å². The molecule has 0 aliphatic rings. The Hall–Kier alpha value is -1.73. The fourth-order valence-corrected chi connectivity index (χ4v) is 5.99. The molecule has 0 saturated heterocycles. The van der Waals surface area contributed by atoms with Gasteiger partial charge < -0.3 is 4.89 Å². The van der Waals surface area contributed by atoms with Gasteiger partial charge in [-0.1, -0.05) is 84.1 Å². The van der Waals surface area contributed by atoms with E-state index in [2.05, 4.69) is 39.0 Å². The minimum absolute atomic E-state index is 0.792. The maximum atomic E-state index is 11.2. The molecule has 128 valence electrons. The van der Waals surface area contributed by atoms with Crippen molar-refractivity contribution in [2.45, 2.75) is 27.2 Å². The van der Waals surface area contributed by atoms with Crippen LogP contribution in [-0.4, -0.2) is 4.89 Å². The van der Waals surface area contributed by atoms with Crippen molar-refractivity contribution in [2.24, 2.45) is 0 Å². The number of hydrogen-bond acceptors (Lipinski definition) is 1. The molecule has 0 heterocycles. The number of aryl methyl sites for hydroxylation is 3. The lowest BCUT2D eigenvalue weighted by Gasteiger charge is -2.21. The molecule has 3 heteroatoms. The van der Waals surface area contributed by atoms with E-state index in [0.717, 1.165) is 22.6 Å². The van der Waals surface area contributed by atoms with Gasteiger partial charge in [-0.2, -0.15) is 0 Å². The summed E-state index contributed by atoms with van der Waals surface area (Å²) in [6.07, 6.45) is -1.99. The van der Waals surface area contributed by atoms with Gasteiger partial charge in [0.2, 0.25) is 0 Å². The Labute approximate surface area is 155 Å². The molecular weight excluding hydrogens is 343 g/mol. The summed E-state index contributed by atoms with van der Waals surface area (Å²) in [6.45, 7) is 6.44. The van der Waals surface area contributed by atoms with Crippen molar-refractivity contribution in [3.63, 3.8) is 0 Å². The summed E-state index contributed by atoms with van der Waals surface area (Å²) in [6, 6.07) is 22.2. The van der Waals surface area contributed by atoms with Crippen molar-refractivity contribution in [3.8, 4) is 0 Å². The van der Waals surface area contributed by atoms with E-state index >= 15 is 0 Å². The zero-order chi connectivity index (χ0) is 18.0. The Morgan fingerprint density at radius 1 is 0.840 bits per heavy atom. The molecule has 1 unspecified atom stereocenters. The Balaban J connectivity index is 2.08. The number of benzene rings is 3. The summed E-state index contributed by atoms with van der Waals surface area (Å²) >= 11 is 5.73. The molecule has 0 saturated carbocycles. The molecule has 0 aromatic heterocycles. The van der Waals surface area contributed by atoms with Gasteiger partial charge in [0, 0.05) is 10.6 Å². The largest absolute Gasteiger partial charge is 0.358 e. The van der Waals surface area contributed by atoms with E-state index in [0.29, 0.717) is 0 Å². The maximum absolute atomic E-state index is 11.2. The highest BCUT2D eigenvalue weighted by molar-refractivity contribution is 8.19. The van der Waals surface area contributed by atoms with Crippen LogP contribution in [0.2, 0.25) is 0 Å². The second-order valence-electron chi connectivity index (χ2n) is 6.59. The minimum Gasteiger partial charge on any atom is -0.358 e. The molecule has 0 radical (unpaired) electrons. The van der Waals surface area contributed by atoms with Crippen LogP contribution in [0.25, 0.3) is 0 Å². The highest BCUT2D eigenvalue weighted by Gasteiger charge is 2.22. The molecule has 3 rings (SSSR count). The molecule has 0 amide bonds. The van der Waals surface area contributed by atoms with E-state index in [1.54, 1.807) is 0 Å². The third kappa shape index (κ3) is 3.77. The van der Waals surface area contributed by atoms with Gasteiger partial charge in [-0.15, -0.1) is 0 Å². The van der Waals surface area contributed by atoms with Crippen LogP contribution < -0.4 is 10.6 Å². The van der Waals surface area contributed by atoms with Crippen molar-refractivity contribution < 1.29 is 4.89 Å². The highest BCUT2D eigenvalue weighted by atomic mass is 32.4. The smallest absolute Gasteiger partial charge is 0.120 e. The van der Waals surface area contributed by atoms with Gasteiger partial charge in [0.05, 0.1) is 0 Å². The van der Waals surface area contributed by atoms with Crippen LogP contribution in [0.1, 0.15) is 27.8 Å². The van der Waals surface area contributed by atoms with Crippen molar-refractivity contribution in [1.82, 2.24) is 0 Å². The lowest BCUT2D eigenvalue weighted by atomic mass is 9.94. The van der Waals surface area contributed by atoms with Gasteiger partial charge in [-0.25, -0.2) is 0 Å². The second-order valence-corrected chi connectivity index (χ2v) is 10.3. The molecule has 3 aromatic carbocycles. The van der Waals surface area contributed by atoms with Crippen LogP contribution in [0, 0.1) is 20.8 Å². The van der Waals surface area contributed by atoms with Gasteiger partial charge in [0.1, 0.15) is 6.26 Å². The molecule has 0 aliphatic heterocycles. The van der Waals surface area contributed by atoms with E-state index < -0.39 is 6.26 Å². The highest BCUT2D eigenvalue weighted by Crippen LogP contribution is 2.40. The van der Waals surface area contributed by atoms with Crippen LogP contribution in [0.3, 0.4) is 0 Å². The van der Waals surface area contributed by atoms with Crippen LogP contribution in [0.15, 0.2) is 66.7 Å². The molecule has 1 nitrogen and oxygen atoms in total. The molecule has 1 atom stereocenters. The Morgan fingerprint density at radius 2 is 1.40 bits per heavy atom. The molecular formula is C22H23OPS. The van der Waals surface area contributed by atoms with Gasteiger partial charge >= 0.3 is 0 Å². The normalized spacial score (nSPS) is 13.4. The first-order valence-electron chi connectivity index (χ1n) is 8.43. The molecule has 0 spiro atoms. The molecule has 0 bridgehead atoms. The van der Waals surface area contributed by atoms with Gasteiger partial charge in [-0.3, -0.25) is 0 Å². The quantitative estimate of drug-likeness (QED) is 0.684. The summed E-state index contributed by atoms with van der Waals surface area (Å²) in [4.78, 5) is 11.2. The zero-order valence-corrected chi connectivity index (χ0v) is 16.6. The lowest BCUT2D eigenvalue weighted by molar-refractivity contribution is 0.642. The van der Waals surface area contributed by atoms with E-state index in [9.17, 15) is 4.89 Å². The van der Waals surface area contributed by atoms with Gasteiger partial charge in [0.25, 0.3) is 0 Å². The fraction of sp³-hybridized carbons (Fsp3) is 0.182. The van der Waals surface area contributed by atoms with E-state index in [1.807, 2.05) is 48.5 Å². The lowest BCUT2D eigenvalue weighted by Crippen LogP contribution is -2.19. The predicted molar refractivity (Wildman–Crippen MR) is 112 cm³/mol. The van der Waals surface area contributed by atoms with Crippen LogP contribution in [-0.2, 0) is 18.2 Å². The third-order valence-electron chi connectivity index (χ3n) is 4.63. The maximum Gasteiger partial charge on any atom is 0.120 e. The molecule has 25 heavy (non-hydrogen) atoms. The Kier molecular flexibility index (Phi) is 5.24. The minimum atomic E-state index is -2.78. The van der Waals surface area contributed by atoms with E-state index in [1.165, 1.54) is 22.3 Å². The van der Waals surface area contributed by atoms with Crippen molar-refractivity contribution in [1.29, 1.82) is 0 Å². The first kappa shape index (κ1) is 18.1. The van der Waals surface area contributed by atoms with E-state index in [-0.39, 0.29) is 0 Å². The summed E-state index contributed by atoms with van der Waals surface area (Å²) in [5.74, 6) is 0. The first-order valence-corrected chi connectivity index (χ1v) is 11.2. The van der Waals surface area contributed by atoms with E-state index in [4.69, 9.17) is 11.8 Å². The summed E-state index contributed by atoms with van der Waals surface area (Å²) in [7, 11) is 0. The summed E-state index contributed by atoms with van der Waals surface area (Å²) in [5, 5.41) is 1.74. The SMILES string of the molecule is Cc1cc(C)c(Cc2ccccc2P(O)(=S)c2ccccc2)c(C)c1. The van der Waals surface area contributed by atoms with Crippen molar-refractivity contribution in [3.05, 3.63) is 94.5 Å². The molecule has 3 aromatic rings. The standard InChI is InChI=1S/C22H23OPS/c1-16-13-17(2)21(18(3)14-16)15-19-9-7-8-12-22(19)24(23,25)20-10-5-4-6-11-20/h4-14H,15H2,1-3H3,(H,23,25). The first-order chi connectivity index (χ1) is 11.9. The van der Waals surface area contributed by atoms with Crippen LogP contribution in [0.4, 0.5) is 0 Å².